The van der Waals surface area contributed by atoms with Crippen molar-refractivity contribution in [1.82, 2.24) is 10.2 Å². The molecule has 1 aliphatic heterocycles. The molecule has 1 fully saturated rings. The molecule has 34 heavy (non-hydrogen) atoms. The molecule has 2 aromatic carbocycles. The molecular formula is C27H31N3O4. The van der Waals surface area contributed by atoms with Gasteiger partial charge in [0, 0.05) is 42.2 Å². The molecule has 1 aromatic heterocycles. The number of benzene rings is 2. The number of para-hydroxylation sites is 1. The predicted octanol–water partition coefficient (Wildman–Crippen LogP) is 3.91. The highest BCUT2D eigenvalue weighted by atomic mass is 16.5. The maximum absolute atomic E-state index is 12.5. The van der Waals surface area contributed by atoms with E-state index in [-0.39, 0.29) is 24.5 Å². The molecule has 178 valence electrons. The van der Waals surface area contributed by atoms with Crippen molar-refractivity contribution in [2.24, 2.45) is 0 Å². The number of nitrogens with zero attached hydrogens (tertiary/aromatic N) is 1. The summed E-state index contributed by atoms with van der Waals surface area (Å²) >= 11 is 0. The van der Waals surface area contributed by atoms with Crippen LogP contribution in [0, 0.1) is 0 Å². The first kappa shape index (κ1) is 22.5. The first-order valence-corrected chi connectivity index (χ1v) is 12.2. The van der Waals surface area contributed by atoms with Gasteiger partial charge in [-0.15, -0.1) is 0 Å². The average molecular weight is 462 g/mol. The zero-order chi connectivity index (χ0) is 23.3. The molecule has 0 bridgehead atoms. The van der Waals surface area contributed by atoms with E-state index in [9.17, 15) is 9.59 Å². The lowest BCUT2D eigenvalue weighted by molar-refractivity contribution is -0.124. The molecule has 7 nitrogen and oxygen atoms in total. The molecule has 0 radical (unpaired) electrons. The first-order valence-electron chi connectivity index (χ1n) is 12.2. The van der Waals surface area contributed by atoms with E-state index in [1.807, 2.05) is 48.5 Å². The van der Waals surface area contributed by atoms with Crippen molar-refractivity contribution in [2.45, 2.75) is 44.6 Å². The molecule has 2 heterocycles. The summed E-state index contributed by atoms with van der Waals surface area (Å²) in [6.45, 7) is 1.90. The highest BCUT2D eigenvalue weighted by Crippen LogP contribution is 2.33. The number of fused-ring (bicyclic) bond motifs is 3. The lowest BCUT2D eigenvalue weighted by atomic mass is 9.96. The predicted molar refractivity (Wildman–Crippen MR) is 131 cm³/mol. The normalized spacial score (nSPS) is 16.7. The number of anilines is 1. The fourth-order valence-electron chi connectivity index (χ4n) is 4.91. The molecule has 0 saturated carbocycles. The summed E-state index contributed by atoms with van der Waals surface area (Å²) in [5.41, 5.74) is 3.00. The van der Waals surface area contributed by atoms with Gasteiger partial charge < -0.3 is 19.8 Å². The molecule has 1 aliphatic carbocycles. The van der Waals surface area contributed by atoms with E-state index in [1.54, 1.807) is 0 Å². The minimum atomic E-state index is -0.116. The minimum Gasteiger partial charge on any atom is -0.484 e. The third-order valence-corrected chi connectivity index (χ3v) is 6.67. The Morgan fingerprint density at radius 3 is 2.62 bits per heavy atom. The van der Waals surface area contributed by atoms with Crippen molar-refractivity contribution in [2.75, 3.05) is 31.6 Å². The van der Waals surface area contributed by atoms with Gasteiger partial charge in [0.15, 0.2) is 6.61 Å². The third-order valence-electron chi connectivity index (χ3n) is 6.67. The summed E-state index contributed by atoms with van der Waals surface area (Å²) in [4.78, 5) is 26.8. The lowest BCUT2D eigenvalue weighted by Gasteiger charge is -2.31. The average Bonchev–Trinajstić information content (AvgIpc) is 3.22. The lowest BCUT2D eigenvalue weighted by Crippen LogP contribution is -2.47. The van der Waals surface area contributed by atoms with E-state index in [1.165, 1.54) is 18.4 Å². The zero-order valence-corrected chi connectivity index (χ0v) is 19.3. The van der Waals surface area contributed by atoms with E-state index >= 15 is 0 Å². The van der Waals surface area contributed by atoms with E-state index in [0.29, 0.717) is 12.3 Å². The van der Waals surface area contributed by atoms with Crippen LogP contribution < -0.4 is 15.4 Å². The van der Waals surface area contributed by atoms with Crippen molar-refractivity contribution >= 4 is 28.5 Å². The van der Waals surface area contributed by atoms with Crippen LogP contribution in [0.4, 0.5) is 5.69 Å². The van der Waals surface area contributed by atoms with Crippen LogP contribution in [-0.2, 0) is 22.4 Å². The SMILES string of the molecule is O=C(CN1CCC(NC(=O)COc2ccc3oc4c(c3c2)CCCC4)CC1)Nc1ccccc1. The molecule has 0 spiro atoms. The quantitative estimate of drug-likeness (QED) is 0.557. The fraction of sp³-hybridized carbons (Fsp3) is 0.407. The second kappa shape index (κ2) is 10.3. The van der Waals surface area contributed by atoms with E-state index < -0.39 is 0 Å². The van der Waals surface area contributed by atoms with Crippen molar-refractivity contribution in [3.8, 4) is 5.75 Å². The van der Waals surface area contributed by atoms with Crippen molar-refractivity contribution < 1.29 is 18.7 Å². The number of amides is 2. The van der Waals surface area contributed by atoms with Gasteiger partial charge in [0.05, 0.1) is 6.54 Å². The van der Waals surface area contributed by atoms with Crippen LogP contribution in [0.25, 0.3) is 11.0 Å². The molecule has 2 aliphatic rings. The number of carbonyl (C=O) groups excluding carboxylic acids is 2. The summed E-state index contributed by atoms with van der Waals surface area (Å²) in [7, 11) is 0. The standard InChI is InChI=1S/C27H31N3O4/c31-26(28-19-6-2-1-3-7-19)17-30-14-12-20(13-15-30)29-27(32)18-33-21-10-11-25-23(16-21)22-8-4-5-9-24(22)34-25/h1-3,6-7,10-11,16,20H,4-5,8-9,12-15,17-18H2,(H,28,31)(H,29,32). The number of hydrogen-bond acceptors (Lipinski definition) is 5. The van der Waals surface area contributed by atoms with Gasteiger partial charge in [-0.25, -0.2) is 0 Å². The molecule has 0 unspecified atom stereocenters. The monoisotopic (exact) mass is 461 g/mol. The number of ether oxygens (including phenoxy) is 1. The van der Waals surface area contributed by atoms with Crippen LogP contribution in [0.1, 0.15) is 37.0 Å². The second-order valence-electron chi connectivity index (χ2n) is 9.19. The third kappa shape index (κ3) is 5.42. The van der Waals surface area contributed by atoms with Gasteiger partial charge in [-0.3, -0.25) is 14.5 Å². The van der Waals surface area contributed by atoms with Crippen LogP contribution in [-0.4, -0.2) is 49.0 Å². The van der Waals surface area contributed by atoms with Crippen LogP contribution >= 0.6 is 0 Å². The van der Waals surface area contributed by atoms with Gasteiger partial charge in [0.25, 0.3) is 5.91 Å². The van der Waals surface area contributed by atoms with Crippen LogP contribution in [0.5, 0.6) is 5.75 Å². The maximum atomic E-state index is 12.5. The number of likely N-dealkylation sites (tertiary alicyclic amines) is 1. The van der Waals surface area contributed by atoms with Gasteiger partial charge in [-0.1, -0.05) is 18.2 Å². The van der Waals surface area contributed by atoms with Crippen LogP contribution in [0.2, 0.25) is 0 Å². The summed E-state index contributed by atoms with van der Waals surface area (Å²) in [6, 6.07) is 15.4. The van der Waals surface area contributed by atoms with Gasteiger partial charge in [-0.05, 0) is 62.4 Å². The molecule has 7 heteroatoms. The van der Waals surface area contributed by atoms with Gasteiger partial charge in [-0.2, -0.15) is 0 Å². The summed E-state index contributed by atoms with van der Waals surface area (Å²) in [5, 5.41) is 7.10. The van der Waals surface area contributed by atoms with Crippen molar-refractivity contribution in [1.29, 1.82) is 0 Å². The number of piperidine rings is 1. The fourth-order valence-corrected chi connectivity index (χ4v) is 4.91. The van der Waals surface area contributed by atoms with E-state index in [4.69, 9.17) is 9.15 Å². The highest BCUT2D eigenvalue weighted by Gasteiger charge is 2.23. The number of aryl methyl sites for hydroxylation is 2. The molecule has 5 rings (SSSR count). The molecule has 2 N–H and O–H groups in total. The van der Waals surface area contributed by atoms with Crippen molar-refractivity contribution in [3.63, 3.8) is 0 Å². The van der Waals surface area contributed by atoms with Gasteiger partial charge >= 0.3 is 0 Å². The van der Waals surface area contributed by atoms with E-state index in [2.05, 4.69) is 15.5 Å². The Morgan fingerprint density at radius 2 is 1.79 bits per heavy atom. The maximum Gasteiger partial charge on any atom is 0.258 e. The van der Waals surface area contributed by atoms with Crippen LogP contribution in [0.3, 0.4) is 0 Å². The Hall–Kier alpha value is -3.32. The number of nitrogens with one attached hydrogen (secondary N) is 2. The van der Waals surface area contributed by atoms with E-state index in [0.717, 1.165) is 61.2 Å². The molecule has 3 aromatic rings. The Bertz CT molecular complexity index is 1150. The molecular weight excluding hydrogens is 430 g/mol. The number of furan rings is 1. The summed E-state index contributed by atoms with van der Waals surface area (Å²) < 4.78 is 11.8. The molecule has 2 amide bonds. The molecule has 0 atom stereocenters. The Labute approximate surface area is 199 Å². The summed E-state index contributed by atoms with van der Waals surface area (Å²) in [6.07, 6.45) is 6.04. The Balaban J connectivity index is 1.05. The summed E-state index contributed by atoms with van der Waals surface area (Å²) in [5.74, 6) is 1.66. The minimum absolute atomic E-state index is 0.00869. The van der Waals surface area contributed by atoms with Crippen molar-refractivity contribution in [3.05, 3.63) is 59.9 Å². The molecule has 1 saturated heterocycles. The number of hydrogen-bond donors (Lipinski definition) is 2. The van der Waals surface area contributed by atoms with Gasteiger partial charge in [0.1, 0.15) is 17.1 Å². The van der Waals surface area contributed by atoms with Gasteiger partial charge in [0.2, 0.25) is 5.91 Å². The Kier molecular flexibility index (Phi) is 6.81. The number of carbonyl (C=O) groups is 2. The number of rotatable bonds is 7. The first-order chi connectivity index (χ1) is 16.6. The zero-order valence-electron chi connectivity index (χ0n) is 19.3. The smallest absolute Gasteiger partial charge is 0.258 e. The highest BCUT2D eigenvalue weighted by molar-refractivity contribution is 5.92. The van der Waals surface area contributed by atoms with Crippen LogP contribution in [0.15, 0.2) is 52.9 Å². The Morgan fingerprint density at radius 1 is 1.00 bits per heavy atom. The second-order valence-corrected chi connectivity index (χ2v) is 9.19. The topological polar surface area (TPSA) is 83.8 Å². The largest absolute Gasteiger partial charge is 0.484 e.